The first kappa shape index (κ1) is 28.1. The summed E-state index contributed by atoms with van der Waals surface area (Å²) in [4.78, 5) is 53.8. The number of carbonyl (C=O) groups is 4. The second-order valence-electron chi connectivity index (χ2n) is 6.66. The maximum absolute atomic E-state index is 12.6. The van der Waals surface area contributed by atoms with Crippen LogP contribution in [0.5, 0.6) is 0 Å². The van der Waals surface area contributed by atoms with Gasteiger partial charge in [-0.15, -0.1) is 17.9 Å². The van der Waals surface area contributed by atoms with E-state index in [1.54, 1.807) is 0 Å². The summed E-state index contributed by atoms with van der Waals surface area (Å²) in [7, 11) is 0. The molecule has 0 N–H and O–H groups in total. The predicted octanol–water partition coefficient (Wildman–Crippen LogP) is -0.465. The van der Waals surface area contributed by atoms with Crippen LogP contribution in [0.3, 0.4) is 0 Å². The normalized spacial score (nSPS) is 13.0. The van der Waals surface area contributed by atoms with Crippen LogP contribution in [0, 0.1) is 24.7 Å². The van der Waals surface area contributed by atoms with Gasteiger partial charge in [-0.25, -0.2) is 4.79 Å². The van der Waals surface area contributed by atoms with Crippen LogP contribution >= 0.6 is 0 Å². The molecule has 182 valence electrons. The summed E-state index contributed by atoms with van der Waals surface area (Å²) in [6.45, 7) is 2.72. The molecule has 1 fully saturated rings. The van der Waals surface area contributed by atoms with Crippen molar-refractivity contribution in [3.8, 4) is 24.7 Å². The van der Waals surface area contributed by atoms with Crippen molar-refractivity contribution >= 4 is 23.7 Å². The molecule has 1 aliphatic heterocycles. The second-order valence-corrected chi connectivity index (χ2v) is 6.66. The van der Waals surface area contributed by atoms with Gasteiger partial charge in [-0.3, -0.25) is 14.4 Å². The van der Waals surface area contributed by atoms with Gasteiger partial charge in [0.15, 0.2) is 0 Å². The first-order valence-corrected chi connectivity index (χ1v) is 10.5. The van der Waals surface area contributed by atoms with E-state index in [2.05, 4.69) is 11.8 Å². The van der Waals surface area contributed by atoms with Crippen LogP contribution in [0.15, 0.2) is 0 Å². The molecule has 0 atom stereocenters. The Labute approximate surface area is 193 Å². The first-order valence-electron chi connectivity index (χ1n) is 10.5. The Morgan fingerprint density at radius 1 is 0.788 bits per heavy atom. The number of rotatable bonds is 18. The molecule has 1 saturated heterocycles. The Hall–Kier alpha value is -2.96. The number of amides is 3. The monoisotopic (exact) mass is 466 g/mol. The van der Waals surface area contributed by atoms with Crippen LogP contribution < -0.4 is 0 Å². The highest BCUT2D eigenvalue weighted by Crippen LogP contribution is 2.13. The summed E-state index contributed by atoms with van der Waals surface area (Å²) < 4.78 is 21.1. The molecule has 0 saturated carbocycles. The first-order chi connectivity index (χ1) is 16.0. The van der Waals surface area contributed by atoms with Crippen LogP contribution in [0.1, 0.15) is 25.7 Å². The summed E-state index contributed by atoms with van der Waals surface area (Å²) >= 11 is 0. The predicted molar refractivity (Wildman–Crippen MR) is 114 cm³/mol. The van der Waals surface area contributed by atoms with Crippen molar-refractivity contribution in [2.75, 3.05) is 65.9 Å². The second kappa shape index (κ2) is 17.6. The van der Waals surface area contributed by atoms with Crippen molar-refractivity contribution in [1.82, 2.24) is 9.96 Å². The van der Waals surface area contributed by atoms with Crippen LogP contribution in [-0.4, -0.2) is 99.6 Å². The van der Waals surface area contributed by atoms with Gasteiger partial charge in [-0.05, 0) is 0 Å². The van der Waals surface area contributed by atoms with Gasteiger partial charge < -0.3 is 28.7 Å². The number of hydrogen-bond acceptors (Lipinski definition) is 9. The number of hydroxylamine groups is 2. The number of hydrogen-bond donors (Lipinski definition) is 0. The largest absolute Gasteiger partial charge is 0.377 e. The van der Waals surface area contributed by atoms with E-state index in [0.717, 1.165) is 0 Å². The number of imide groups is 1. The van der Waals surface area contributed by atoms with Crippen molar-refractivity contribution < 1.29 is 43.0 Å². The SMILES string of the molecule is C#CCOCCOCCN(CCOCCOCC#C)C(=O)CCC(=O)ON1C(=O)CCC1=O. The number of ether oxygens (including phenoxy) is 4. The van der Waals surface area contributed by atoms with E-state index in [-0.39, 0.29) is 71.1 Å². The minimum Gasteiger partial charge on any atom is -0.377 e. The zero-order valence-corrected chi connectivity index (χ0v) is 18.6. The lowest BCUT2D eigenvalue weighted by Crippen LogP contribution is -2.37. The highest BCUT2D eigenvalue weighted by molar-refractivity contribution is 6.01. The van der Waals surface area contributed by atoms with Crippen LogP contribution in [0.4, 0.5) is 0 Å². The molecule has 33 heavy (non-hydrogen) atoms. The third-order valence-electron chi connectivity index (χ3n) is 4.22. The number of carbonyl (C=O) groups excluding carboxylic acids is 4. The lowest BCUT2D eigenvalue weighted by atomic mass is 10.2. The van der Waals surface area contributed by atoms with Crippen molar-refractivity contribution in [2.24, 2.45) is 0 Å². The van der Waals surface area contributed by atoms with E-state index in [1.165, 1.54) is 4.90 Å². The fraction of sp³-hybridized carbons (Fsp3) is 0.636. The summed E-state index contributed by atoms with van der Waals surface area (Å²) in [5, 5.41) is 0.455. The summed E-state index contributed by atoms with van der Waals surface area (Å²) in [5.41, 5.74) is 0. The lowest BCUT2D eigenvalue weighted by Gasteiger charge is -2.23. The van der Waals surface area contributed by atoms with Crippen molar-refractivity contribution in [3.05, 3.63) is 0 Å². The van der Waals surface area contributed by atoms with E-state index >= 15 is 0 Å². The molecule has 0 radical (unpaired) electrons. The Balaban J connectivity index is 2.40. The van der Waals surface area contributed by atoms with E-state index in [9.17, 15) is 19.2 Å². The van der Waals surface area contributed by atoms with Gasteiger partial charge in [-0.1, -0.05) is 11.8 Å². The molecule has 0 aromatic heterocycles. The fourth-order valence-corrected chi connectivity index (χ4v) is 2.59. The molecule has 0 spiro atoms. The maximum Gasteiger partial charge on any atom is 0.333 e. The highest BCUT2D eigenvalue weighted by Gasteiger charge is 2.32. The molecular weight excluding hydrogens is 436 g/mol. The average molecular weight is 466 g/mol. The highest BCUT2D eigenvalue weighted by atomic mass is 16.7. The molecule has 11 nitrogen and oxygen atoms in total. The minimum atomic E-state index is -0.837. The molecule has 0 bridgehead atoms. The summed E-state index contributed by atoms with van der Waals surface area (Å²) in [6.07, 6.45) is 9.73. The Bertz CT molecular complexity index is 682. The van der Waals surface area contributed by atoms with Gasteiger partial charge >= 0.3 is 5.97 Å². The summed E-state index contributed by atoms with van der Waals surface area (Å²) in [5.74, 6) is 2.37. The van der Waals surface area contributed by atoms with Crippen molar-refractivity contribution in [1.29, 1.82) is 0 Å². The molecule has 1 rings (SSSR count). The molecule has 3 amide bonds. The Kier molecular flexibility index (Phi) is 15.0. The van der Waals surface area contributed by atoms with Gasteiger partial charge in [0.05, 0.1) is 46.1 Å². The summed E-state index contributed by atoms with van der Waals surface area (Å²) in [6, 6.07) is 0. The van der Waals surface area contributed by atoms with Gasteiger partial charge in [0.1, 0.15) is 13.2 Å². The quantitative estimate of drug-likeness (QED) is 0.150. The van der Waals surface area contributed by atoms with E-state index in [1.807, 2.05) is 0 Å². The standard InChI is InChI=1S/C22H30N2O9/c1-3-11-29-15-17-31-13-9-23(10-14-32-18-16-30-12-4-2)19(25)7-8-22(28)33-24-20(26)5-6-21(24)27/h1-2H,5-18H2. The Morgan fingerprint density at radius 2 is 1.27 bits per heavy atom. The molecule has 1 aliphatic rings. The van der Waals surface area contributed by atoms with E-state index < -0.39 is 17.8 Å². The zero-order valence-electron chi connectivity index (χ0n) is 18.6. The van der Waals surface area contributed by atoms with Crippen LogP contribution in [0.2, 0.25) is 0 Å². The molecule has 0 aliphatic carbocycles. The molecule has 0 aromatic carbocycles. The average Bonchev–Trinajstić information content (AvgIpc) is 3.12. The molecule has 0 aromatic rings. The molecule has 0 unspecified atom stereocenters. The van der Waals surface area contributed by atoms with Crippen LogP contribution in [0.25, 0.3) is 0 Å². The molecular formula is C22H30N2O9. The molecule has 11 heteroatoms. The Morgan fingerprint density at radius 3 is 1.76 bits per heavy atom. The van der Waals surface area contributed by atoms with Crippen LogP contribution in [-0.2, 0) is 43.0 Å². The van der Waals surface area contributed by atoms with Gasteiger partial charge in [0.2, 0.25) is 5.91 Å². The van der Waals surface area contributed by atoms with E-state index in [4.69, 9.17) is 36.6 Å². The smallest absolute Gasteiger partial charge is 0.333 e. The third kappa shape index (κ3) is 12.6. The topological polar surface area (TPSA) is 121 Å². The number of terminal acetylenes is 2. The van der Waals surface area contributed by atoms with Crippen molar-refractivity contribution in [2.45, 2.75) is 25.7 Å². The maximum atomic E-state index is 12.6. The molecule has 1 heterocycles. The van der Waals surface area contributed by atoms with Gasteiger partial charge in [0.25, 0.3) is 11.8 Å². The number of nitrogens with zero attached hydrogens (tertiary/aromatic N) is 2. The lowest BCUT2D eigenvalue weighted by molar-refractivity contribution is -0.197. The zero-order chi connectivity index (χ0) is 24.3. The van der Waals surface area contributed by atoms with Crippen molar-refractivity contribution in [3.63, 3.8) is 0 Å². The minimum absolute atomic E-state index is 0.000367. The van der Waals surface area contributed by atoms with Gasteiger partial charge in [-0.2, -0.15) is 0 Å². The van der Waals surface area contributed by atoms with E-state index in [0.29, 0.717) is 31.5 Å². The fourth-order valence-electron chi connectivity index (χ4n) is 2.59. The third-order valence-corrected chi connectivity index (χ3v) is 4.22. The van der Waals surface area contributed by atoms with Gasteiger partial charge in [0, 0.05) is 32.4 Å².